The number of alkyl halides is 6. The fraction of sp³-hybridized carbons (Fsp3) is 0.411. The van der Waals surface area contributed by atoms with Crippen molar-refractivity contribution >= 4 is 57.1 Å². The van der Waals surface area contributed by atoms with Gasteiger partial charge in [-0.3, -0.25) is 24.7 Å². The summed E-state index contributed by atoms with van der Waals surface area (Å²) in [6.07, 6.45) is 18.7. The van der Waals surface area contributed by atoms with Crippen molar-refractivity contribution in [3.05, 3.63) is 153 Å². The summed E-state index contributed by atoms with van der Waals surface area (Å²) in [5.74, 6) is 0.0240. The Labute approximate surface area is 436 Å². The second-order valence-corrected chi connectivity index (χ2v) is 18.1. The molecule has 15 heteroatoms. The average Bonchev–Trinajstić information content (AvgIpc) is 3.95. The van der Waals surface area contributed by atoms with Gasteiger partial charge in [-0.15, -0.1) is 0 Å². The molecule has 71 heavy (non-hydrogen) atoms. The number of halogens is 6. The number of benzene rings is 2. The second-order valence-electron chi connectivity index (χ2n) is 18.1. The van der Waals surface area contributed by atoms with E-state index in [0.717, 1.165) is 119 Å². The van der Waals surface area contributed by atoms with Gasteiger partial charge in [-0.25, -0.2) is 0 Å². The van der Waals surface area contributed by atoms with Crippen molar-refractivity contribution in [3.8, 4) is 0 Å². The van der Waals surface area contributed by atoms with Crippen LogP contribution in [0.25, 0.3) is 34.0 Å². The molecule has 1 unspecified atom stereocenters. The van der Waals surface area contributed by atoms with Gasteiger partial charge in [0.25, 0.3) is 0 Å². The number of rotatable bonds is 14. The zero-order valence-corrected chi connectivity index (χ0v) is 39.9. The number of unbranched alkanes of at least 4 members (excludes halogenated alkanes) is 2. The summed E-state index contributed by atoms with van der Waals surface area (Å²) in [7, 11) is 0. The predicted octanol–water partition coefficient (Wildman–Crippen LogP) is 9.57. The Hall–Kier alpha value is -4.66. The van der Waals surface area contributed by atoms with E-state index >= 15 is 0 Å². The first-order chi connectivity index (χ1) is 33.3. The number of aliphatic hydroxyl groups excluding tert-OH is 1. The fourth-order valence-electron chi connectivity index (χ4n) is 8.71. The van der Waals surface area contributed by atoms with Crippen LogP contribution < -0.4 is 18.9 Å². The zero-order valence-electron chi connectivity index (χ0n) is 40.9. The number of ketones is 1. The summed E-state index contributed by atoms with van der Waals surface area (Å²) in [5, 5.41) is 11.5. The molecule has 4 aromatic heterocycles. The van der Waals surface area contributed by atoms with Crippen LogP contribution in [0.2, 0.25) is 0 Å². The summed E-state index contributed by atoms with van der Waals surface area (Å²) in [4.78, 5) is 30.0. The normalized spacial score (nSPS) is 14.9. The average molecular weight is 989 g/mol. The SMILES string of the molecule is C1CCOC1.O=C(/C=C/c1cnc2cc(C(F)(F)F)ccc2c1)CCCCc1ccc2c(n1)CCCC2.OC(/C=C/c1cnc2cc(C(F)(F)F)ccc2c1)CCCCc1ccc2c(n1)CCCC2.[AlH3].[H-].[Li+]. The molecule has 1 aliphatic heterocycles. The number of fused-ring (bicyclic) bond motifs is 4. The molecule has 1 atom stereocenters. The minimum Gasteiger partial charge on any atom is -1.00 e. The monoisotopic (exact) mass is 988 g/mol. The Morgan fingerprint density at radius 3 is 1.62 bits per heavy atom. The molecule has 5 heterocycles. The summed E-state index contributed by atoms with van der Waals surface area (Å²) >= 11 is 0. The third-order valence-electron chi connectivity index (χ3n) is 12.6. The molecule has 0 amide bonds. The van der Waals surface area contributed by atoms with Crippen LogP contribution in [-0.4, -0.2) is 67.5 Å². The number of allylic oxidation sites excluding steroid dienone is 1. The standard InChI is InChI=1S/C26H27F3N2O.C26H25F3N2O.C4H8O.Al.Li.4H/c2*27-26(28,29)21-12-10-20-15-18(17-30-25(20)16-21)9-14-23(32)7-3-2-6-22-13-11-19-5-1-4-8-24(19)31-22;1-2-4-5-3-1;;;;;;/h9-17,23,32H,1-8H2;9-17H,1-8H2;1-4H2;;;;;;/q;;;;+1;;;;-1/b2*14-9+;;;;;;;. The van der Waals surface area contributed by atoms with Crippen LogP contribution >= 0.6 is 0 Å². The Bertz CT molecular complexity index is 2730. The molecule has 7 nitrogen and oxygen atoms in total. The number of carbonyl (C=O) groups is 1. The van der Waals surface area contributed by atoms with Crippen molar-refractivity contribution in [1.82, 2.24) is 19.9 Å². The second kappa shape index (κ2) is 28.0. The summed E-state index contributed by atoms with van der Waals surface area (Å²) in [5.41, 5.74) is 8.08. The number of hydrogen-bond donors (Lipinski definition) is 1. The van der Waals surface area contributed by atoms with Gasteiger partial charge in [0.05, 0.1) is 28.3 Å². The minimum atomic E-state index is -4.39. The topological polar surface area (TPSA) is 98.1 Å². The molecule has 372 valence electrons. The molecular formula is C56H64AlF6LiN4O3. The largest absolute Gasteiger partial charge is 1.00 e. The molecule has 2 aliphatic carbocycles. The van der Waals surface area contributed by atoms with E-state index in [1.807, 2.05) is 0 Å². The van der Waals surface area contributed by atoms with Gasteiger partial charge in [-0.05, 0) is 186 Å². The number of carbonyl (C=O) groups excluding carboxylic acids is 1. The molecule has 6 aromatic rings. The third-order valence-corrected chi connectivity index (χ3v) is 12.6. The van der Waals surface area contributed by atoms with Crippen LogP contribution in [-0.2, 0) is 60.4 Å². The van der Waals surface area contributed by atoms with Gasteiger partial charge in [0.2, 0.25) is 0 Å². The van der Waals surface area contributed by atoms with Gasteiger partial charge in [-0.1, -0.05) is 42.8 Å². The van der Waals surface area contributed by atoms with E-state index in [1.54, 1.807) is 30.4 Å². The van der Waals surface area contributed by atoms with Crippen molar-refractivity contribution in [3.63, 3.8) is 0 Å². The van der Waals surface area contributed by atoms with Crippen molar-refractivity contribution in [2.24, 2.45) is 0 Å². The smallest absolute Gasteiger partial charge is 1.00 e. The molecule has 1 saturated heterocycles. The molecular weight excluding hydrogens is 925 g/mol. The quantitative estimate of drug-likeness (QED) is 0.0503. The molecule has 0 bridgehead atoms. The predicted molar refractivity (Wildman–Crippen MR) is 271 cm³/mol. The number of ether oxygens (including phenoxy) is 1. The van der Waals surface area contributed by atoms with Crippen LogP contribution in [0.15, 0.2) is 97.3 Å². The molecule has 1 N–H and O–H groups in total. The molecule has 9 rings (SSSR count). The molecule has 0 saturated carbocycles. The first-order valence-electron chi connectivity index (χ1n) is 24.3. The minimum absolute atomic E-state index is 0. The number of aryl methyl sites for hydroxylation is 6. The van der Waals surface area contributed by atoms with Gasteiger partial charge in [0.15, 0.2) is 23.1 Å². The number of nitrogens with zero attached hydrogens (tertiary/aromatic N) is 4. The van der Waals surface area contributed by atoms with Gasteiger partial charge in [-0.2, -0.15) is 26.3 Å². The van der Waals surface area contributed by atoms with Crippen LogP contribution in [0.5, 0.6) is 0 Å². The van der Waals surface area contributed by atoms with E-state index in [1.165, 1.54) is 91.6 Å². The van der Waals surface area contributed by atoms with Gasteiger partial charge >= 0.3 is 31.2 Å². The van der Waals surface area contributed by atoms with Crippen LogP contribution in [0.4, 0.5) is 26.3 Å². The Morgan fingerprint density at radius 2 is 1.13 bits per heavy atom. The van der Waals surface area contributed by atoms with Crippen LogP contribution in [0, 0.1) is 0 Å². The van der Waals surface area contributed by atoms with Gasteiger partial charge < -0.3 is 11.3 Å². The number of hydrogen-bond acceptors (Lipinski definition) is 7. The van der Waals surface area contributed by atoms with E-state index in [4.69, 9.17) is 14.7 Å². The van der Waals surface area contributed by atoms with Crippen molar-refractivity contribution in [2.75, 3.05) is 13.2 Å². The first kappa shape index (κ1) is 57.2. The number of pyridine rings is 4. The Balaban J connectivity index is 0.000000274. The maximum absolute atomic E-state index is 12.8. The fourth-order valence-corrected chi connectivity index (χ4v) is 8.71. The molecule has 3 aliphatic rings. The van der Waals surface area contributed by atoms with E-state index in [-0.39, 0.29) is 48.9 Å². The first-order valence-corrected chi connectivity index (χ1v) is 24.3. The van der Waals surface area contributed by atoms with Crippen LogP contribution in [0.1, 0.15) is 135 Å². The van der Waals surface area contributed by atoms with E-state index < -0.39 is 29.6 Å². The summed E-state index contributed by atoms with van der Waals surface area (Å²) in [6.45, 7) is 2.00. The maximum atomic E-state index is 12.8. The van der Waals surface area contributed by atoms with Crippen molar-refractivity contribution in [2.45, 2.75) is 134 Å². The van der Waals surface area contributed by atoms with E-state index in [0.29, 0.717) is 34.7 Å². The van der Waals surface area contributed by atoms with E-state index in [9.17, 15) is 36.2 Å². The number of aliphatic hydroxyl groups is 1. The summed E-state index contributed by atoms with van der Waals surface area (Å²) in [6, 6.07) is 19.2. The van der Waals surface area contributed by atoms with E-state index in [2.05, 4.69) is 34.2 Å². The van der Waals surface area contributed by atoms with Gasteiger partial charge in [0, 0.05) is 65.6 Å². The zero-order chi connectivity index (χ0) is 48.6. The maximum Gasteiger partial charge on any atom is 1.00 e. The van der Waals surface area contributed by atoms with Crippen molar-refractivity contribution < 1.29 is 61.3 Å². The Kier molecular flexibility index (Phi) is 22.6. The third kappa shape index (κ3) is 18.1. The Morgan fingerprint density at radius 1 is 0.634 bits per heavy atom. The number of aromatic nitrogens is 4. The van der Waals surface area contributed by atoms with Crippen molar-refractivity contribution in [1.29, 1.82) is 0 Å². The molecule has 2 aromatic carbocycles. The van der Waals surface area contributed by atoms with Crippen LogP contribution in [0.3, 0.4) is 0 Å². The molecule has 0 radical (unpaired) electrons. The molecule has 1 fully saturated rings. The van der Waals surface area contributed by atoms with Gasteiger partial charge in [0.1, 0.15) is 0 Å². The molecule has 0 spiro atoms. The summed E-state index contributed by atoms with van der Waals surface area (Å²) < 4.78 is 81.9.